The van der Waals surface area contributed by atoms with Crippen molar-refractivity contribution in [1.82, 2.24) is 14.8 Å². The number of nitrogens with zero attached hydrogens (tertiary/aromatic N) is 3. The summed E-state index contributed by atoms with van der Waals surface area (Å²) in [7, 11) is 2.06. The number of rotatable bonds is 2. The first-order valence-corrected chi connectivity index (χ1v) is 7.16. The van der Waals surface area contributed by atoms with Gasteiger partial charge in [-0.25, -0.2) is 4.98 Å². The van der Waals surface area contributed by atoms with E-state index in [0.717, 1.165) is 31.7 Å². The number of amides is 1. The van der Waals surface area contributed by atoms with Gasteiger partial charge in [-0.3, -0.25) is 4.79 Å². The number of hydrogen-bond donors (Lipinski definition) is 0. The third-order valence-corrected chi connectivity index (χ3v) is 3.80. The highest BCUT2D eigenvalue weighted by Crippen LogP contribution is 2.22. The van der Waals surface area contributed by atoms with Gasteiger partial charge in [-0.2, -0.15) is 0 Å². The molecule has 0 atom stereocenters. The minimum absolute atomic E-state index is 0.0599. The van der Waals surface area contributed by atoms with Crippen LogP contribution in [0.4, 0.5) is 0 Å². The van der Waals surface area contributed by atoms with Crippen LogP contribution in [0, 0.1) is 6.92 Å². The standard InChI is InChI=1S/C16H19N3O2/c1-12-14(16(20)19-10-8-18(2)9-11-19)21-15(17-12)13-6-4-3-5-7-13/h3-7H,8-11H2,1-2H3. The highest BCUT2D eigenvalue weighted by molar-refractivity contribution is 5.93. The molecule has 0 saturated carbocycles. The second-order valence-electron chi connectivity index (χ2n) is 5.40. The molecule has 0 unspecified atom stereocenters. The molecule has 3 rings (SSSR count). The van der Waals surface area contributed by atoms with Crippen molar-refractivity contribution in [3.8, 4) is 11.5 Å². The maximum absolute atomic E-state index is 12.5. The summed E-state index contributed by atoms with van der Waals surface area (Å²) in [4.78, 5) is 21.0. The first-order chi connectivity index (χ1) is 10.1. The van der Waals surface area contributed by atoms with Gasteiger partial charge in [0.1, 0.15) is 0 Å². The highest BCUT2D eigenvalue weighted by atomic mass is 16.4. The average Bonchev–Trinajstić information content (AvgIpc) is 2.90. The first-order valence-electron chi connectivity index (χ1n) is 7.16. The number of oxazole rings is 1. The number of piperazine rings is 1. The lowest BCUT2D eigenvalue weighted by molar-refractivity contribution is 0.0632. The van der Waals surface area contributed by atoms with Crippen molar-refractivity contribution in [3.05, 3.63) is 41.8 Å². The van der Waals surface area contributed by atoms with E-state index in [4.69, 9.17) is 4.42 Å². The predicted molar refractivity (Wildman–Crippen MR) is 80.1 cm³/mol. The fourth-order valence-electron chi connectivity index (χ4n) is 2.45. The Balaban J connectivity index is 1.83. The van der Waals surface area contributed by atoms with Crippen LogP contribution in [-0.2, 0) is 0 Å². The molecule has 5 heteroatoms. The lowest BCUT2D eigenvalue weighted by atomic mass is 10.2. The quantitative estimate of drug-likeness (QED) is 0.847. The Hall–Kier alpha value is -2.14. The summed E-state index contributed by atoms with van der Waals surface area (Å²) in [5, 5.41) is 0. The Bertz CT molecular complexity index is 628. The topological polar surface area (TPSA) is 49.6 Å². The predicted octanol–water partition coefficient (Wildman–Crippen LogP) is 2.04. The van der Waals surface area contributed by atoms with Crippen LogP contribution in [0.3, 0.4) is 0 Å². The molecule has 0 bridgehead atoms. The number of aryl methyl sites for hydroxylation is 1. The van der Waals surface area contributed by atoms with Gasteiger partial charge < -0.3 is 14.2 Å². The van der Waals surface area contributed by atoms with Crippen molar-refractivity contribution in [2.24, 2.45) is 0 Å². The lowest BCUT2D eigenvalue weighted by Crippen LogP contribution is -2.47. The van der Waals surface area contributed by atoms with Gasteiger partial charge in [0.25, 0.3) is 5.91 Å². The highest BCUT2D eigenvalue weighted by Gasteiger charge is 2.26. The van der Waals surface area contributed by atoms with Crippen molar-refractivity contribution in [3.63, 3.8) is 0 Å². The number of benzene rings is 1. The summed E-state index contributed by atoms with van der Waals surface area (Å²) in [5.74, 6) is 0.805. The fourth-order valence-corrected chi connectivity index (χ4v) is 2.45. The van der Waals surface area contributed by atoms with E-state index >= 15 is 0 Å². The van der Waals surface area contributed by atoms with Gasteiger partial charge >= 0.3 is 0 Å². The Morgan fingerprint density at radius 3 is 2.48 bits per heavy atom. The van der Waals surface area contributed by atoms with Crippen molar-refractivity contribution in [2.75, 3.05) is 33.2 Å². The minimum atomic E-state index is -0.0599. The number of carbonyl (C=O) groups is 1. The Morgan fingerprint density at radius 2 is 1.81 bits per heavy atom. The van der Waals surface area contributed by atoms with Crippen molar-refractivity contribution >= 4 is 5.91 Å². The third kappa shape index (κ3) is 2.83. The molecular weight excluding hydrogens is 266 g/mol. The Labute approximate surface area is 124 Å². The van der Waals surface area contributed by atoms with Gasteiger partial charge in [0.2, 0.25) is 11.7 Å². The van der Waals surface area contributed by atoms with E-state index < -0.39 is 0 Å². The second kappa shape index (κ2) is 5.69. The van der Waals surface area contributed by atoms with E-state index in [9.17, 15) is 4.79 Å². The summed E-state index contributed by atoms with van der Waals surface area (Å²) in [6, 6.07) is 9.65. The SMILES string of the molecule is Cc1nc(-c2ccccc2)oc1C(=O)N1CCN(C)CC1. The minimum Gasteiger partial charge on any atom is -0.431 e. The first kappa shape index (κ1) is 13.8. The van der Waals surface area contributed by atoms with E-state index in [1.165, 1.54) is 0 Å². The van der Waals surface area contributed by atoms with E-state index in [1.54, 1.807) is 0 Å². The molecule has 1 aromatic carbocycles. The molecule has 0 N–H and O–H groups in total. The van der Waals surface area contributed by atoms with E-state index in [0.29, 0.717) is 17.3 Å². The summed E-state index contributed by atoms with van der Waals surface area (Å²) in [6.45, 7) is 5.07. The zero-order valence-electron chi connectivity index (χ0n) is 12.4. The second-order valence-corrected chi connectivity index (χ2v) is 5.40. The maximum atomic E-state index is 12.5. The fraction of sp³-hybridized carbons (Fsp3) is 0.375. The van der Waals surface area contributed by atoms with Gasteiger partial charge in [-0.05, 0) is 26.1 Å². The van der Waals surface area contributed by atoms with Crippen LogP contribution in [0.2, 0.25) is 0 Å². The molecule has 5 nitrogen and oxygen atoms in total. The monoisotopic (exact) mass is 285 g/mol. The number of likely N-dealkylation sites (N-methyl/N-ethyl adjacent to an activating group) is 1. The van der Waals surface area contributed by atoms with Crippen LogP contribution in [0.15, 0.2) is 34.7 Å². The lowest BCUT2D eigenvalue weighted by Gasteiger charge is -2.31. The van der Waals surface area contributed by atoms with Crippen LogP contribution in [0.5, 0.6) is 0 Å². The molecule has 1 fully saturated rings. The molecule has 1 aliphatic heterocycles. The average molecular weight is 285 g/mol. The number of carbonyl (C=O) groups excluding carboxylic acids is 1. The summed E-state index contributed by atoms with van der Waals surface area (Å²) >= 11 is 0. The molecule has 2 aromatic rings. The molecular formula is C16H19N3O2. The van der Waals surface area contributed by atoms with Gasteiger partial charge in [-0.15, -0.1) is 0 Å². The van der Waals surface area contributed by atoms with Gasteiger partial charge in [0.15, 0.2) is 0 Å². The van der Waals surface area contributed by atoms with Gasteiger partial charge in [0, 0.05) is 31.7 Å². The maximum Gasteiger partial charge on any atom is 0.291 e. The number of aromatic nitrogens is 1. The number of hydrogen-bond acceptors (Lipinski definition) is 4. The third-order valence-electron chi connectivity index (χ3n) is 3.80. The van der Waals surface area contributed by atoms with Crippen molar-refractivity contribution in [2.45, 2.75) is 6.92 Å². The summed E-state index contributed by atoms with van der Waals surface area (Å²) in [6.07, 6.45) is 0. The van der Waals surface area contributed by atoms with Gasteiger partial charge in [0.05, 0.1) is 5.69 Å². The summed E-state index contributed by atoms with van der Waals surface area (Å²) in [5.41, 5.74) is 1.54. The Kier molecular flexibility index (Phi) is 3.75. The van der Waals surface area contributed by atoms with Crippen LogP contribution in [0.25, 0.3) is 11.5 Å². The van der Waals surface area contributed by atoms with Gasteiger partial charge in [-0.1, -0.05) is 18.2 Å². The van der Waals surface area contributed by atoms with Crippen LogP contribution in [0.1, 0.15) is 16.2 Å². The normalized spacial score (nSPS) is 16.2. The van der Waals surface area contributed by atoms with Crippen molar-refractivity contribution < 1.29 is 9.21 Å². The molecule has 1 saturated heterocycles. The smallest absolute Gasteiger partial charge is 0.291 e. The Morgan fingerprint density at radius 1 is 1.14 bits per heavy atom. The molecule has 110 valence electrons. The molecule has 1 amide bonds. The van der Waals surface area contributed by atoms with Crippen LogP contribution >= 0.6 is 0 Å². The van der Waals surface area contributed by atoms with Crippen molar-refractivity contribution in [1.29, 1.82) is 0 Å². The molecule has 1 aliphatic rings. The summed E-state index contributed by atoms with van der Waals surface area (Å²) < 4.78 is 5.73. The largest absolute Gasteiger partial charge is 0.431 e. The molecule has 21 heavy (non-hydrogen) atoms. The van der Waals surface area contributed by atoms with Crippen LogP contribution < -0.4 is 0 Å². The zero-order chi connectivity index (χ0) is 14.8. The molecule has 0 aliphatic carbocycles. The van der Waals surface area contributed by atoms with Crippen LogP contribution in [-0.4, -0.2) is 53.9 Å². The molecule has 0 radical (unpaired) electrons. The molecule has 1 aromatic heterocycles. The van der Waals surface area contributed by atoms with E-state index in [-0.39, 0.29) is 5.91 Å². The molecule has 0 spiro atoms. The van der Waals surface area contributed by atoms with E-state index in [2.05, 4.69) is 16.9 Å². The van der Waals surface area contributed by atoms with E-state index in [1.807, 2.05) is 42.2 Å². The zero-order valence-corrected chi connectivity index (χ0v) is 12.4. The molecule has 2 heterocycles.